The summed E-state index contributed by atoms with van der Waals surface area (Å²) in [6, 6.07) is 5.15. The molecule has 1 aromatic rings. The predicted octanol–water partition coefficient (Wildman–Crippen LogP) is 2.25. The number of hydrogen-bond acceptors (Lipinski definition) is 3. The second-order valence-corrected chi connectivity index (χ2v) is 5.61. The van der Waals surface area contributed by atoms with Crippen molar-refractivity contribution in [2.45, 2.75) is 13.8 Å². The highest BCUT2D eigenvalue weighted by Gasteiger charge is 2.45. The molecule has 20 heavy (non-hydrogen) atoms. The van der Waals surface area contributed by atoms with Gasteiger partial charge < -0.3 is 15.0 Å². The quantitative estimate of drug-likeness (QED) is 0.685. The lowest BCUT2D eigenvalue weighted by molar-refractivity contribution is -0.132. The number of methoxy groups -OCH3 is 1. The minimum absolute atomic E-state index is 0.0385. The van der Waals surface area contributed by atoms with Crippen LogP contribution in [-0.2, 0) is 9.59 Å². The van der Waals surface area contributed by atoms with Crippen molar-refractivity contribution in [3.05, 3.63) is 18.2 Å². The molecule has 0 unspecified atom stereocenters. The Kier molecular flexibility index (Phi) is 3.90. The van der Waals surface area contributed by atoms with Gasteiger partial charge in [-0.1, -0.05) is 0 Å². The Balaban J connectivity index is 2.29. The Morgan fingerprint density at radius 1 is 1.50 bits per heavy atom. The van der Waals surface area contributed by atoms with Crippen molar-refractivity contribution in [1.82, 2.24) is 0 Å². The standard InChI is InChI=1S/C14H17ClN2O3/c1-14(2)8-17(13(14)19)10-6-9(16-12(18)7-15)4-5-11(10)20-3/h4-6H,7-8H2,1-3H3,(H,16,18). The average molecular weight is 297 g/mol. The summed E-state index contributed by atoms with van der Waals surface area (Å²) in [6.07, 6.45) is 0. The summed E-state index contributed by atoms with van der Waals surface area (Å²) >= 11 is 5.46. The molecule has 1 aliphatic heterocycles. The number of halogens is 1. The number of carbonyl (C=O) groups excluding carboxylic acids is 2. The van der Waals surface area contributed by atoms with Crippen LogP contribution in [0.4, 0.5) is 11.4 Å². The van der Waals surface area contributed by atoms with E-state index in [1.807, 2.05) is 13.8 Å². The fourth-order valence-electron chi connectivity index (χ4n) is 2.18. The topological polar surface area (TPSA) is 58.6 Å². The minimum atomic E-state index is -0.347. The number of β-lactam (4-membered cyclic amide) rings is 1. The maximum Gasteiger partial charge on any atom is 0.239 e. The molecule has 1 aliphatic rings. The third kappa shape index (κ3) is 2.58. The van der Waals surface area contributed by atoms with Gasteiger partial charge in [0.1, 0.15) is 11.6 Å². The van der Waals surface area contributed by atoms with E-state index in [0.717, 1.165) is 0 Å². The van der Waals surface area contributed by atoms with E-state index in [1.165, 1.54) is 0 Å². The van der Waals surface area contributed by atoms with Crippen molar-refractivity contribution in [1.29, 1.82) is 0 Å². The first kappa shape index (κ1) is 14.7. The third-order valence-electron chi connectivity index (χ3n) is 3.25. The van der Waals surface area contributed by atoms with Gasteiger partial charge in [0.05, 0.1) is 18.2 Å². The number of nitrogens with zero attached hydrogens (tertiary/aromatic N) is 1. The number of anilines is 2. The first-order chi connectivity index (χ1) is 9.39. The molecule has 0 atom stereocenters. The first-order valence-electron chi connectivity index (χ1n) is 6.25. The molecule has 1 N–H and O–H groups in total. The molecule has 0 aromatic heterocycles. The highest BCUT2D eigenvalue weighted by molar-refractivity contribution is 6.29. The van der Waals surface area contributed by atoms with Gasteiger partial charge in [0, 0.05) is 12.2 Å². The average Bonchev–Trinajstić information content (AvgIpc) is 2.44. The number of rotatable bonds is 4. The molecule has 1 fully saturated rings. The summed E-state index contributed by atoms with van der Waals surface area (Å²) in [5.41, 5.74) is 0.897. The monoisotopic (exact) mass is 296 g/mol. The maximum absolute atomic E-state index is 12.1. The van der Waals surface area contributed by atoms with Crippen LogP contribution < -0.4 is 15.0 Å². The summed E-state index contributed by atoms with van der Waals surface area (Å²) in [5.74, 6) is 0.226. The van der Waals surface area contributed by atoms with Crippen molar-refractivity contribution in [2.75, 3.05) is 29.8 Å². The molecule has 108 valence electrons. The van der Waals surface area contributed by atoms with Crippen LogP contribution in [-0.4, -0.2) is 31.3 Å². The van der Waals surface area contributed by atoms with Crippen molar-refractivity contribution >= 4 is 34.8 Å². The lowest BCUT2D eigenvalue weighted by Gasteiger charge is -2.44. The number of amides is 2. The predicted molar refractivity (Wildman–Crippen MR) is 78.5 cm³/mol. The van der Waals surface area contributed by atoms with Gasteiger partial charge in [-0.2, -0.15) is 0 Å². The van der Waals surface area contributed by atoms with E-state index in [9.17, 15) is 9.59 Å². The van der Waals surface area contributed by atoms with E-state index in [1.54, 1.807) is 30.2 Å². The van der Waals surface area contributed by atoms with Gasteiger partial charge in [0.15, 0.2) is 0 Å². The fourth-order valence-corrected chi connectivity index (χ4v) is 2.24. The summed E-state index contributed by atoms with van der Waals surface area (Å²) in [6.45, 7) is 4.42. The number of hydrogen-bond donors (Lipinski definition) is 1. The maximum atomic E-state index is 12.1. The minimum Gasteiger partial charge on any atom is -0.495 e. The number of benzene rings is 1. The molecule has 1 saturated heterocycles. The molecule has 6 heteroatoms. The molecule has 5 nitrogen and oxygen atoms in total. The molecule has 0 aliphatic carbocycles. The van der Waals surface area contributed by atoms with Crippen LogP contribution in [0.3, 0.4) is 0 Å². The molecule has 0 spiro atoms. The smallest absolute Gasteiger partial charge is 0.239 e. The highest BCUT2D eigenvalue weighted by Crippen LogP contribution is 2.40. The van der Waals surface area contributed by atoms with Crippen LogP contribution >= 0.6 is 11.6 Å². The highest BCUT2D eigenvalue weighted by atomic mass is 35.5. The molecule has 1 heterocycles. The molecular weight excluding hydrogens is 280 g/mol. The van der Waals surface area contributed by atoms with Crippen LogP contribution in [0, 0.1) is 5.41 Å². The fraction of sp³-hybridized carbons (Fsp3) is 0.429. The lowest BCUT2D eigenvalue weighted by Crippen LogP contribution is -2.58. The van der Waals surface area contributed by atoms with E-state index in [-0.39, 0.29) is 23.1 Å². The normalized spacial score (nSPS) is 16.6. The Bertz CT molecular complexity index is 557. The number of alkyl halides is 1. The third-order valence-corrected chi connectivity index (χ3v) is 3.50. The van der Waals surface area contributed by atoms with Crippen LogP contribution in [0.25, 0.3) is 0 Å². The SMILES string of the molecule is COc1ccc(NC(=O)CCl)cc1N1CC(C)(C)C1=O. The van der Waals surface area contributed by atoms with Gasteiger partial charge in [-0.25, -0.2) is 0 Å². The number of nitrogens with one attached hydrogen (secondary N) is 1. The van der Waals surface area contributed by atoms with Crippen molar-refractivity contribution < 1.29 is 14.3 Å². The Morgan fingerprint density at radius 2 is 2.20 bits per heavy atom. The van der Waals surface area contributed by atoms with Crippen LogP contribution in [0.5, 0.6) is 5.75 Å². The van der Waals surface area contributed by atoms with Gasteiger partial charge in [-0.05, 0) is 32.0 Å². The summed E-state index contributed by atoms with van der Waals surface area (Å²) in [7, 11) is 1.55. The molecular formula is C14H17ClN2O3. The largest absolute Gasteiger partial charge is 0.495 e. The van der Waals surface area contributed by atoms with Crippen LogP contribution in [0.15, 0.2) is 18.2 Å². The zero-order valence-corrected chi connectivity index (χ0v) is 12.5. The van der Waals surface area contributed by atoms with Crippen molar-refractivity contribution in [3.63, 3.8) is 0 Å². The van der Waals surface area contributed by atoms with Crippen molar-refractivity contribution in [3.8, 4) is 5.75 Å². The summed E-state index contributed by atoms with van der Waals surface area (Å²) in [5, 5.41) is 2.66. The zero-order valence-electron chi connectivity index (χ0n) is 11.7. The Morgan fingerprint density at radius 3 is 2.70 bits per heavy atom. The molecule has 2 amide bonds. The number of carbonyl (C=O) groups is 2. The van der Waals surface area contributed by atoms with E-state index in [2.05, 4.69) is 5.32 Å². The summed E-state index contributed by atoms with van der Waals surface area (Å²) in [4.78, 5) is 25.1. The van der Waals surface area contributed by atoms with Gasteiger partial charge in [-0.15, -0.1) is 11.6 Å². The van der Waals surface area contributed by atoms with Crippen LogP contribution in [0.1, 0.15) is 13.8 Å². The Hall–Kier alpha value is -1.75. The van der Waals surface area contributed by atoms with E-state index in [0.29, 0.717) is 23.7 Å². The first-order valence-corrected chi connectivity index (χ1v) is 6.78. The molecule has 0 bridgehead atoms. The van der Waals surface area contributed by atoms with Gasteiger partial charge in [-0.3, -0.25) is 9.59 Å². The second kappa shape index (κ2) is 5.32. The molecule has 0 radical (unpaired) electrons. The lowest BCUT2D eigenvalue weighted by atomic mass is 9.82. The molecule has 1 aromatic carbocycles. The van der Waals surface area contributed by atoms with E-state index < -0.39 is 0 Å². The Labute approximate surface area is 122 Å². The van der Waals surface area contributed by atoms with Crippen molar-refractivity contribution in [2.24, 2.45) is 5.41 Å². The summed E-state index contributed by atoms with van der Waals surface area (Å²) < 4.78 is 5.27. The van der Waals surface area contributed by atoms with Gasteiger partial charge in [0.2, 0.25) is 11.8 Å². The number of ether oxygens (including phenoxy) is 1. The van der Waals surface area contributed by atoms with E-state index in [4.69, 9.17) is 16.3 Å². The zero-order chi connectivity index (χ0) is 14.9. The molecule has 2 rings (SSSR count). The second-order valence-electron chi connectivity index (χ2n) is 5.34. The molecule has 0 saturated carbocycles. The van der Waals surface area contributed by atoms with Gasteiger partial charge >= 0.3 is 0 Å². The van der Waals surface area contributed by atoms with Crippen LogP contribution in [0.2, 0.25) is 0 Å². The van der Waals surface area contributed by atoms with E-state index >= 15 is 0 Å². The van der Waals surface area contributed by atoms with Gasteiger partial charge in [0.25, 0.3) is 0 Å².